The Balaban J connectivity index is 1.55. The normalized spacial score (nSPS) is 18.3. The summed E-state index contributed by atoms with van der Waals surface area (Å²) in [4.78, 5) is 18.7. The van der Waals surface area contributed by atoms with E-state index in [0.717, 1.165) is 25.2 Å². The number of likely N-dealkylation sites (tertiary alicyclic amines) is 1. The largest absolute Gasteiger partial charge is 0.342 e. The van der Waals surface area contributed by atoms with Crippen LogP contribution in [0.15, 0.2) is 10.9 Å². The van der Waals surface area contributed by atoms with E-state index >= 15 is 0 Å². The Morgan fingerprint density at radius 2 is 2.29 bits per heavy atom. The van der Waals surface area contributed by atoms with Gasteiger partial charge in [-0.25, -0.2) is 0 Å². The Kier molecular flexibility index (Phi) is 4.92. The Morgan fingerprint density at radius 1 is 1.46 bits per heavy atom. The molecule has 0 spiro atoms. The lowest BCUT2D eigenvalue weighted by molar-refractivity contribution is -0.132. The minimum absolute atomic E-state index is 0.131. The van der Waals surface area contributed by atoms with Crippen molar-refractivity contribution in [3.63, 3.8) is 0 Å². The molecular weight excluding hydrogens is 308 g/mol. The lowest BCUT2D eigenvalue weighted by Gasteiger charge is -2.32. The number of aromatic nitrogens is 5. The summed E-state index contributed by atoms with van der Waals surface area (Å²) in [6, 6.07) is 0. The number of hydrogen-bond donors (Lipinski definition) is 0. The molecule has 1 saturated heterocycles. The highest BCUT2D eigenvalue weighted by molar-refractivity contribution is 5.76. The molecule has 0 saturated carbocycles. The lowest BCUT2D eigenvalue weighted by Crippen LogP contribution is -2.39. The van der Waals surface area contributed by atoms with Crippen molar-refractivity contribution >= 4 is 5.91 Å². The van der Waals surface area contributed by atoms with Crippen LogP contribution in [-0.4, -0.2) is 48.8 Å². The van der Waals surface area contributed by atoms with Crippen molar-refractivity contribution in [1.82, 2.24) is 29.8 Å². The van der Waals surface area contributed by atoms with Gasteiger partial charge in [0.05, 0.1) is 0 Å². The van der Waals surface area contributed by atoms with Gasteiger partial charge in [-0.3, -0.25) is 4.79 Å². The molecule has 1 fully saturated rings. The van der Waals surface area contributed by atoms with Gasteiger partial charge in [0.1, 0.15) is 12.2 Å². The molecule has 1 aliphatic heterocycles. The molecule has 1 atom stereocenters. The summed E-state index contributed by atoms with van der Waals surface area (Å²) in [7, 11) is 1.94. The number of amides is 1. The van der Waals surface area contributed by atoms with Crippen molar-refractivity contribution in [3.05, 3.63) is 23.9 Å². The van der Waals surface area contributed by atoms with Crippen LogP contribution >= 0.6 is 0 Å². The van der Waals surface area contributed by atoms with E-state index in [1.807, 2.05) is 30.4 Å². The van der Waals surface area contributed by atoms with Crippen LogP contribution in [0.3, 0.4) is 0 Å². The molecular formula is C16H24N6O2. The van der Waals surface area contributed by atoms with Gasteiger partial charge in [-0.2, -0.15) is 4.98 Å². The highest BCUT2D eigenvalue weighted by atomic mass is 16.5. The smallest absolute Gasteiger partial charge is 0.227 e. The SMILES string of the molecule is CC(C)c1noc(CCC(=O)N2CCC[C@H](c3nncn3C)C2)n1. The highest BCUT2D eigenvalue weighted by Crippen LogP contribution is 2.25. The van der Waals surface area contributed by atoms with Crippen LogP contribution in [0.5, 0.6) is 0 Å². The van der Waals surface area contributed by atoms with Crippen molar-refractivity contribution in [2.75, 3.05) is 13.1 Å². The average molecular weight is 332 g/mol. The summed E-state index contributed by atoms with van der Waals surface area (Å²) in [5.74, 6) is 2.79. The minimum atomic E-state index is 0.131. The average Bonchev–Trinajstić information content (AvgIpc) is 3.21. The van der Waals surface area contributed by atoms with Crippen molar-refractivity contribution in [2.24, 2.45) is 7.05 Å². The Labute approximate surface area is 141 Å². The number of hydrogen-bond acceptors (Lipinski definition) is 6. The van der Waals surface area contributed by atoms with Crippen LogP contribution in [0.4, 0.5) is 0 Å². The molecule has 130 valence electrons. The first kappa shape index (κ1) is 16.6. The van der Waals surface area contributed by atoms with Crippen LogP contribution in [0.1, 0.15) is 62.5 Å². The molecule has 8 heteroatoms. The fraction of sp³-hybridized carbons (Fsp3) is 0.688. The van der Waals surface area contributed by atoms with E-state index in [4.69, 9.17) is 4.52 Å². The molecule has 2 aromatic heterocycles. The van der Waals surface area contributed by atoms with Crippen LogP contribution < -0.4 is 0 Å². The summed E-state index contributed by atoms with van der Waals surface area (Å²) >= 11 is 0. The molecule has 0 aliphatic carbocycles. The van der Waals surface area contributed by atoms with Gasteiger partial charge in [-0.1, -0.05) is 19.0 Å². The van der Waals surface area contributed by atoms with Gasteiger partial charge in [-0.15, -0.1) is 10.2 Å². The molecule has 3 rings (SSSR count). The van der Waals surface area contributed by atoms with Crippen LogP contribution in [0.25, 0.3) is 0 Å². The van der Waals surface area contributed by atoms with Gasteiger partial charge in [0.25, 0.3) is 0 Å². The summed E-state index contributed by atoms with van der Waals surface area (Å²) in [6.45, 7) is 5.53. The number of carbonyl (C=O) groups excluding carboxylic acids is 1. The zero-order chi connectivity index (χ0) is 17.1. The van der Waals surface area contributed by atoms with E-state index in [9.17, 15) is 4.79 Å². The van der Waals surface area contributed by atoms with E-state index in [-0.39, 0.29) is 17.7 Å². The van der Waals surface area contributed by atoms with E-state index in [0.29, 0.717) is 31.1 Å². The molecule has 1 aliphatic rings. The van der Waals surface area contributed by atoms with E-state index in [2.05, 4.69) is 20.3 Å². The maximum atomic E-state index is 12.5. The van der Waals surface area contributed by atoms with Gasteiger partial charge >= 0.3 is 0 Å². The number of rotatable bonds is 5. The fourth-order valence-corrected chi connectivity index (χ4v) is 3.05. The third kappa shape index (κ3) is 3.63. The van der Waals surface area contributed by atoms with Crippen molar-refractivity contribution in [3.8, 4) is 0 Å². The Morgan fingerprint density at radius 3 is 2.96 bits per heavy atom. The molecule has 0 radical (unpaired) electrons. The molecule has 3 heterocycles. The van der Waals surface area contributed by atoms with Gasteiger partial charge in [0, 0.05) is 44.8 Å². The van der Waals surface area contributed by atoms with Crippen LogP contribution in [0.2, 0.25) is 0 Å². The standard InChI is InChI=1S/C16H24N6O2/c1-11(2)15-18-13(24-20-15)6-7-14(23)22-8-4-5-12(9-22)16-19-17-10-21(16)3/h10-12H,4-9H2,1-3H3/t12-/m0/s1. The Bertz CT molecular complexity index is 692. The zero-order valence-corrected chi connectivity index (χ0v) is 14.5. The highest BCUT2D eigenvalue weighted by Gasteiger charge is 2.27. The molecule has 0 unspecified atom stereocenters. The summed E-state index contributed by atoms with van der Waals surface area (Å²) in [5.41, 5.74) is 0. The topological polar surface area (TPSA) is 89.9 Å². The maximum absolute atomic E-state index is 12.5. The quantitative estimate of drug-likeness (QED) is 0.827. The molecule has 0 aromatic carbocycles. The van der Waals surface area contributed by atoms with Gasteiger partial charge < -0.3 is 14.0 Å². The zero-order valence-electron chi connectivity index (χ0n) is 14.5. The first-order valence-electron chi connectivity index (χ1n) is 8.48. The monoisotopic (exact) mass is 332 g/mol. The number of carbonyl (C=O) groups is 1. The van der Waals surface area contributed by atoms with Crippen LogP contribution in [0, 0.1) is 0 Å². The fourth-order valence-electron chi connectivity index (χ4n) is 3.05. The number of nitrogens with zero attached hydrogens (tertiary/aromatic N) is 6. The molecule has 8 nitrogen and oxygen atoms in total. The predicted octanol–water partition coefficient (Wildman–Crippen LogP) is 1.66. The van der Waals surface area contributed by atoms with Crippen molar-refractivity contribution in [2.45, 2.75) is 51.4 Å². The lowest BCUT2D eigenvalue weighted by atomic mass is 9.97. The molecule has 0 bridgehead atoms. The summed E-state index contributed by atoms with van der Waals surface area (Å²) in [6.07, 6.45) is 4.62. The third-order valence-electron chi connectivity index (χ3n) is 4.44. The first-order chi connectivity index (χ1) is 11.5. The number of piperidine rings is 1. The van der Waals surface area contributed by atoms with Gasteiger partial charge in [0.15, 0.2) is 5.82 Å². The number of aryl methyl sites for hydroxylation is 2. The van der Waals surface area contributed by atoms with Gasteiger partial charge in [0.2, 0.25) is 11.8 Å². The maximum Gasteiger partial charge on any atom is 0.227 e. The summed E-state index contributed by atoms with van der Waals surface area (Å²) in [5, 5.41) is 12.1. The van der Waals surface area contributed by atoms with E-state index in [1.54, 1.807) is 6.33 Å². The van der Waals surface area contributed by atoms with Crippen molar-refractivity contribution < 1.29 is 9.32 Å². The molecule has 24 heavy (non-hydrogen) atoms. The van der Waals surface area contributed by atoms with Gasteiger partial charge in [-0.05, 0) is 12.8 Å². The van der Waals surface area contributed by atoms with Crippen molar-refractivity contribution in [1.29, 1.82) is 0 Å². The Hall–Kier alpha value is -2.25. The third-order valence-corrected chi connectivity index (χ3v) is 4.44. The molecule has 1 amide bonds. The second kappa shape index (κ2) is 7.11. The first-order valence-corrected chi connectivity index (χ1v) is 8.48. The second-order valence-electron chi connectivity index (χ2n) is 6.68. The molecule has 2 aromatic rings. The molecule has 0 N–H and O–H groups in total. The predicted molar refractivity (Wildman–Crippen MR) is 86.3 cm³/mol. The minimum Gasteiger partial charge on any atom is -0.342 e. The van der Waals surface area contributed by atoms with Crippen LogP contribution in [-0.2, 0) is 18.3 Å². The van der Waals surface area contributed by atoms with E-state index in [1.165, 1.54) is 0 Å². The second-order valence-corrected chi connectivity index (χ2v) is 6.68. The summed E-state index contributed by atoms with van der Waals surface area (Å²) < 4.78 is 7.14. The van der Waals surface area contributed by atoms with E-state index < -0.39 is 0 Å².